The van der Waals surface area contributed by atoms with Gasteiger partial charge in [-0.3, -0.25) is 4.90 Å². The molecular weight excluding hydrogens is 433 g/mol. The lowest BCUT2D eigenvalue weighted by atomic mass is 10.1. The van der Waals surface area contributed by atoms with Crippen molar-refractivity contribution in [1.29, 1.82) is 0 Å². The van der Waals surface area contributed by atoms with Crippen molar-refractivity contribution >= 4 is 17.3 Å². The number of aromatic nitrogens is 1. The molecule has 1 aliphatic heterocycles. The van der Waals surface area contributed by atoms with E-state index in [4.69, 9.17) is 14.6 Å². The molecule has 1 aromatic heterocycles. The molecule has 0 amide bonds. The Kier molecular flexibility index (Phi) is 5.84. The van der Waals surface area contributed by atoms with Crippen LogP contribution < -0.4 is 9.47 Å². The molecule has 0 radical (unpaired) electrons. The van der Waals surface area contributed by atoms with E-state index in [-0.39, 0.29) is 25.6 Å². The highest BCUT2D eigenvalue weighted by Crippen LogP contribution is 2.33. The van der Waals surface area contributed by atoms with Crippen LogP contribution in [0, 0.1) is 0 Å². The number of carboxylic acid groups (broad SMARTS) is 1. The molecule has 3 aromatic rings. The molecule has 0 fully saturated rings. The molecule has 0 unspecified atom stereocenters. The van der Waals surface area contributed by atoms with Gasteiger partial charge < -0.3 is 14.6 Å². The second-order valence-electron chi connectivity index (χ2n) is 6.96. The van der Waals surface area contributed by atoms with Gasteiger partial charge in [0.25, 0.3) is 0 Å². The number of halogens is 3. The maximum Gasteiger partial charge on any atom is 0.416 e. The molecule has 0 saturated carbocycles. The van der Waals surface area contributed by atoms with Gasteiger partial charge in [-0.25, -0.2) is 9.78 Å². The zero-order valence-corrected chi connectivity index (χ0v) is 16.9. The zero-order valence-electron chi connectivity index (χ0n) is 16.1. The van der Waals surface area contributed by atoms with E-state index < -0.39 is 17.7 Å². The summed E-state index contributed by atoms with van der Waals surface area (Å²) < 4.78 is 50.0. The summed E-state index contributed by atoms with van der Waals surface area (Å²) in [5.74, 6) is 0.126. The highest BCUT2D eigenvalue weighted by Gasteiger charge is 2.30. The molecule has 2 heterocycles. The third-order valence-electron chi connectivity index (χ3n) is 4.63. The maximum atomic E-state index is 13.1. The number of alkyl halides is 3. The Labute approximate surface area is 179 Å². The largest absolute Gasteiger partial charge is 0.476 e. The Hall–Kier alpha value is -3.11. The lowest BCUT2D eigenvalue weighted by molar-refractivity contribution is -0.137. The highest BCUT2D eigenvalue weighted by molar-refractivity contribution is 7.09. The first-order chi connectivity index (χ1) is 14.8. The lowest BCUT2D eigenvalue weighted by Crippen LogP contribution is -2.22. The minimum atomic E-state index is -4.43. The Morgan fingerprint density at radius 3 is 2.52 bits per heavy atom. The van der Waals surface area contributed by atoms with Crippen molar-refractivity contribution in [2.24, 2.45) is 0 Å². The van der Waals surface area contributed by atoms with Gasteiger partial charge in [-0.1, -0.05) is 24.3 Å². The monoisotopic (exact) mass is 450 g/mol. The van der Waals surface area contributed by atoms with Crippen LogP contribution in [-0.2, 0) is 25.8 Å². The van der Waals surface area contributed by atoms with Gasteiger partial charge in [0, 0.05) is 18.5 Å². The van der Waals surface area contributed by atoms with Crippen LogP contribution >= 0.6 is 11.3 Å². The number of nitrogens with zero attached hydrogens (tertiary/aromatic N) is 2. The molecule has 1 aliphatic rings. The van der Waals surface area contributed by atoms with Gasteiger partial charge in [0.15, 0.2) is 17.2 Å². The summed E-state index contributed by atoms with van der Waals surface area (Å²) in [6.45, 7) is 1.04. The van der Waals surface area contributed by atoms with Gasteiger partial charge >= 0.3 is 12.1 Å². The molecular formula is C21H17F3N2O4S. The maximum absolute atomic E-state index is 13.1. The highest BCUT2D eigenvalue weighted by atomic mass is 32.1. The molecule has 31 heavy (non-hydrogen) atoms. The first-order valence-electron chi connectivity index (χ1n) is 9.22. The number of fused-ring (bicyclic) bond motifs is 1. The van der Waals surface area contributed by atoms with E-state index in [0.29, 0.717) is 28.6 Å². The van der Waals surface area contributed by atoms with Crippen molar-refractivity contribution in [3.63, 3.8) is 0 Å². The molecule has 0 saturated heterocycles. The SMILES string of the molecule is O=C(O)c1csc(CN(Cc2cccc(C(F)(F)F)c2)Cc2ccc3c(c2)OCO3)n1. The average molecular weight is 450 g/mol. The van der Waals surface area contributed by atoms with Gasteiger partial charge in [-0.15, -0.1) is 11.3 Å². The van der Waals surface area contributed by atoms with Crippen molar-refractivity contribution < 1.29 is 32.5 Å². The number of aromatic carboxylic acids is 1. The van der Waals surface area contributed by atoms with E-state index in [9.17, 15) is 18.0 Å². The van der Waals surface area contributed by atoms with Crippen molar-refractivity contribution in [2.75, 3.05) is 6.79 Å². The first-order valence-corrected chi connectivity index (χ1v) is 10.1. The van der Waals surface area contributed by atoms with Crippen LogP contribution in [0.4, 0.5) is 13.2 Å². The topological polar surface area (TPSA) is 71.9 Å². The van der Waals surface area contributed by atoms with E-state index >= 15 is 0 Å². The summed E-state index contributed by atoms with van der Waals surface area (Å²) in [6, 6.07) is 10.6. The minimum Gasteiger partial charge on any atom is -0.476 e. The summed E-state index contributed by atoms with van der Waals surface area (Å²) in [4.78, 5) is 17.1. The molecule has 0 atom stereocenters. The second kappa shape index (κ2) is 8.56. The fourth-order valence-corrected chi connectivity index (χ4v) is 4.05. The molecule has 2 aromatic carbocycles. The molecule has 6 nitrogen and oxygen atoms in total. The quantitative estimate of drug-likeness (QED) is 0.558. The molecule has 1 N–H and O–H groups in total. The average Bonchev–Trinajstić information content (AvgIpc) is 3.36. The van der Waals surface area contributed by atoms with Crippen molar-refractivity contribution in [1.82, 2.24) is 9.88 Å². The van der Waals surface area contributed by atoms with E-state index in [0.717, 1.165) is 17.7 Å². The van der Waals surface area contributed by atoms with Crippen molar-refractivity contribution in [3.05, 3.63) is 75.2 Å². The summed E-state index contributed by atoms with van der Waals surface area (Å²) in [5, 5.41) is 11.1. The number of carbonyl (C=O) groups is 1. The summed E-state index contributed by atoms with van der Waals surface area (Å²) in [5.41, 5.74) is 0.606. The van der Waals surface area contributed by atoms with Crippen LogP contribution in [0.3, 0.4) is 0 Å². The zero-order chi connectivity index (χ0) is 22.0. The lowest BCUT2D eigenvalue weighted by Gasteiger charge is -2.22. The standard InChI is InChI=1S/C21H17F3N2O4S/c22-21(23,24)15-3-1-2-13(6-15)8-26(10-19-25-16(11-31-19)20(27)28)9-14-4-5-17-18(7-14)30-12-29-17/h1-7,11H,8-10,12H2,(H,27,28). The molecule has 0 aliphatic carbocycles. The smallest absolute Gasteiger partial charge is 0.416 e. The van der Waals surface area contributed by atoms with Crippen LogP contribution in [0.2, 0.25) is 0 Å². The van der Waals surface area contributed by atoms with Gasteiger partial charge in [-0.05, 0) is 29.3 Å². The third-order valence-corrected chi connectivity index (χ3v) is 5.47. The number of hydrogen-bond donors (Lipinski definition) is 1. The number of rotatable bonds is 7. The Morgan fingerprint density at radius 1 is 1.06 bits per heavy atom. The van der Waals surface area contributed by atoms with Crippen LogP contribution in [0.25, 0.3) is 0 Å². The van der Waals surface area contributed by atoms with E-state index in [2.05, 4.69) is 4.98 Å². The van der Waals surface area contributed by atoms with Gasteiger partial charge in [0.05, 0.1) is 12.1 Å². The van der Waals surface area contributed by atoms with E-state index in [1.54, 1.807) is 12.1 Å². The van der Waals surface area contributed by atoms with Crippen LogP contribution in [0.15, 0.2) is 47.8 Å². The number of ether oxygens (including phenoxy) is 2. The van der Waals surface area contributed by atoms with E-state index in [1.807, 2.05) is 17.0 Å². The van der Waals surface area contributed by atoms with Crippen molar-refractivity contribution in [3.8, 4) is 11.5 Å². The minimum absolute atomic E-state index is 0.0536. The Bertz CT molecular complexity index is 1100. The number of carboxylic acids is 1. The molecule has 0 spiro atoms. The van der Waals surface area contributed by atoms with Gasteiger partial charge in [0.1, 0.15) is 5.01 Å². The molecule has 10 heteroatoms. The fourth-order valence-electron chi connectivity index (χ4n) is 3.24. The van der Waals surface area contributed by atoms with E-state index in [1.165, 1.54) is 22.8 Å². The summed E-state index contributed by atoms with van der Waals surface area (Å²) >= 11 is 1.20. The predicted octanol–water partition coefficient (Wildman–Crippen LogP) is 4.79. The van der Waals surface area contributed by atoms with Gasteiger partial charge in [-0.2, -0.15) is 13.2 Å². The fraction of sp³-hybridized carbons (Fsp3) is 0.238. The van der Waals surface area contributed by atoms with Crippen LogP contribution in [-0.4, -0.2) is 27.8 Å². The van der Waals surface area contributed by atoms with Crippen LogP contribution in [0.1, 0.15) is 32.2 Å². The van der Waals surface area contributed by atoms with Gasteiger partial charge in [0.2, 0.25) is 6.79 Å². The predicted molar refractivity (Wildman–Crippen MR) is 106 cm³/mol. The first kappa shape index (κ1) is 21.1. The Morgan fingerprint density at radius 2 is 1.81 bits per heavy atom. The summed E-state index contributed by atoms with van der Waals surface area (Å²) in [7, 11) is 0. The Balaban J connectivity index is 1.58. The number of hydrogen-bond acceptors (Lipinski definition) is 6. The molecule has 162 valence electrons. The molecule has 0 bridgehead atoms. The van der Waals surface area contributed by atoms with Crippen LogP contribution in [0.5, 0.6) is 11.5 Å². The third kappa shape index (κ3) is 5.15. The second-order valence-corrected chi connectivity index (χ2v) is 7.91. The normalized spacial score (nSPS) is 13.0. The number of benzene rings is 2. The number of thiazole rings is 1. The molecule has 4 rings (SSSR count). The van der Waals surface area contributed by atoms with Crippen molar-refractivity contribution in [2.45, 2.75) is 25.8 Å². The summed E-state index contributed by atoms with van der Waals surface area (Å²) in [6.07, 6.45) is -4.43.